The molecule has 1 aromatic rings. The molecule has 0 N–H and O–H groups in total. The SMILES string of the molecule is O=C(C1CN(S(=O)(=O)c2cccnc2)CC12CCCCC2)N1CCCC1. The molecule has 3 aliphatic rings. The summed E-state index contributed by atoms with van der Waals surface area (Å²) in [4.78, 5) is 19.4. The standard InChI is InChI=1S/C19H27N3O3S/c23-18(21-11-4-5-12-21)17-14-22(15-19(17)8-2-1-3-9-19)26(24,25)16-7-6-10-20-13-16/h6-7,10,13,17H,1-5,8-9,11-12,14-15H2. The van der Waals surface area contributed by atoms with E-state index in [0.29, 0.717) is 13.1 Å². The molecule has 2 saturated heterocycles. The molecular weight excluding hydrogens is 350 g/mol. The number of nitrogens with zero attached hydrogens (tertiary/aromatic N) is 3. The molecular formula is C19H27N3O3S. The smallest absolute Gasteiger partial charge is 0.244 e. The zero-order valence-corrected chi connectivity index (χ0v) is 16.0. The van der Waals surface area contributed by atoms with E-state index in [-0.39, 0.29) is 22.1 Å². The molecule has 1 amide bonds. The van der Waals surface area contributed by atoms with E-state index >= 15 is 0 Å². The van der Waals surface area contributed by atoms with E-state index in [1.54, 1.807) is 22.6 Å². The Bertz CT molecular complexity index is 753. The van der Waals surface area contributed by atoms with Crippen molar-refractivity contribution in [1.29, 1.82) is 0 Å². The van der Waals surface area contributed by atoms with Gasteiger partial charge in [0.1, 0.15) is 4.90 Å². The van der Waals surface area contributed by atoms with Crippen LogP contribution in [0.3, 0.4) is 0 Å². The van der Waals surface area contributed by atoms with E-state index in [0.717, 1.165) is 51.6 Å². The van der Waals surface area contributed by atoms with Crippen molar-refractivity contribution in [3.63, 3.8) is 0 Å². The first-order valence-electron chi connectivity index (χ1n) is 9.72. The Morgan fingerprint density at radius 3 is 2.50 bits per heavy atom. The molecule has 1 aromatic heterocycles. The maximum Gasteiger partial charge on any atom is 0.244 e. The third-order valence-electron chi connectivity index (χ3n) is 6.45. The highest BCUT2D eigenvalue weighted by Crippen LogP contribution is 2.49. The van der Waals surface area contributed by atoms with Crippen molar-refractivity contribution in [2.75, 3.05) is 26.2 Å². The van der Waals surface area contributed by atoms with Crippen molar-refractivity contribution in [2.24, 2.45) is 11.3 Å². The molecule has 1 spiro atoms. The van der Waals surface area contributed by atoms with E-state index in [1.807, 2.05) is 4.90 Å². The second-order valence-corrected chi connectivity index (χ2v) is 9.93. The number of hydrogen-bond acceptors (Lipinski definition) is 4. The zero-order valence-electron chi connectivity index (χ0n) is 15.1. The number of rotatable bonds is 3. The summed E-state index contributed by atoms with van der Waals surface area (Å²) in [5, 5.41) is 0. The molecule has 7 heteroatoms. The first kappa shape index (κ1) is 17.9. The average Bonchev–Trinajstić information content (AvgIpc) is 3.32. The minimum atomic E-state index is -3.60. The highest BCUT2D eigenvalue weighted by atomic mass is 32.2. The number of likely N-dealkylation sites (tertiary alicyclic amines) is 1. The van der Waals surface area contributed by atoms with Crippen LogP contribution in [0.1, 0.15) is 44.9 Å². The predicted octanol–water partition coefficient (Wildman–Crippen LogP) is 2.28. The predicted molar refractivity (Wildman–Crippen MR) is 97.8 cm³/mol. The third-order valence-corrected chi connectivity index (χ3v) is 8.25. The quantitative estimate of drug-likeness (QED) is 0.810. The first-order chi connectivity index (χ1) is 12.5. The average molecular weight is 378 g/mol. The van der Waals surface area contributed by atoms with Crippen molar-refractivity contribution in [1.82, 2.24) is 14.2 Å². The van der Waals surface area contributed by atoms with Crippen LogP contribution in [0.25, 0.3) is 0 Å². The minimum Gasteiger partial charge on any atom is -0.342 e. The van der Waals surface area contributed by atoms with Gasteiger partial charge in [-0.25, -0.2) is 8.42 Å². The summed E-state index contributed by atoms with van der Waals surface area (Å²) in [6.07, 6.45) is 10.4. The summed E-state index contributed by atoms with van der Waals surface area (Å²) in [5.74, 6) is -0.0272. The topological polar surface area (TPSA) is 70.6 Å². The molecule has 3 heterocycles. The molecule has 1 unspecified atom stereocenters. The lowest BCUT2D eigenvalue weighted by Crippen LogP contribution is -2.43. The Hall–Kier alpha value is -1.47. The lowest BCUT2D eigenvalue weighted by Gasteiger charge is -2.38. The molecule has 3 fully saturated rings. The van der Waals surface area contributed by atoms with Crippen LogP contribution in [0, 0.1) is 11.3 Å². The van der Waals surface area contributed by atoms with Gasteiger partial charge in [-0.15, -0.1) is 0 Å². The number of aromatic nitrogens is 1. The van der Waals surface area contributed by atoms with Gasteiger partial charge >= 0.3 is 0 Å². The zero-order chi connectivity index (χ0) is 18.2. The van der Waals surface area contributed by atoms with Crippen molar-refractivity contribution >= 4 is 15.9 Å². The Labute approximate surface area is 155 Å². The van der Waals surface area contributed by atoms with Crippen LogP contribution >= 0.6 is 0 Å². The Kier molecular flexibility index (Phi) is 4.77. The van der Waals surface area contributed by atoms with Crippen molar-refractivity contribution in [3.8, 4) is 0 Å². The van der Waals surface area contributed by atoms with Crippen LogP contribution < -0.4 is 0 Å². The van der Waals surface area contributed by atoms with Gasteiger partial charge in [-0.2, -0.15) is 4.31 Å². The van der Waals surface area contributed by atoms with E-state index in [1.165, 1.54) is 12.6 Å². The second-order valence-electron chi connectivity index (χ2n) is 7.99. The molecule has 1 aliphatic carbocycles. The van der Waals surface area contributed by atoms with Gasteiger partial charge in [0.2, 0.25) is 15.9 Å². The molecule has 0 aromatic carbocycles. The van der Waals surface area contributed by atoms with Crippen molar-refractivity contribution < 1.29 is 13.2 Å². The van der Waals surface area contributed by atoms with Gasteiger partial charge in [0.15, 0.2) is 0 Å². The molecule has 1 saturated carbocycles. The molecule has 0 radical (unpaired) electrons. The number of pyridine rings is 1. The van der Waals surface area contributed by atoms with Crippen molar-refractivity contribution in [3.05, 3.63) is 24.5 Å². The summed E-state index contributed by atoms with van der Waals surface area (Å²) in [6, 6.07) is 3.23. The number of sulfonamides is 1. The van der Waals surface area contributed by atoms with Crippen LogP contribution in [-0.4, -0.2) is 54.7 Å². The maximum absolute atomic E-state index is 13.2. The third kappa shape index (κ3) is 3.05. The molecule has 1 atom stereocenters. The van der Waals surface area contributed by atoms with Gasteiger partial charge in [0.05, 0.1) is 5.92 Å². The fraction of sp³-hybridized carbons (Fsp3) is 0.684. The van der Waals surface area contributed by atoms with E-state index in [9.17, 15) is 13.2 Å². The Morgan fingerprint density at radius 2 is 1.85 bits per heavy atom. The largest absolute Gasteiger partial charge is 0.342 e. The van der Waals surface area contributed by atoms with Gasteiger partial charge in [-0.3, -0.25) is 9.78 Å². The van der Waals surface area contributed by atoms with Gasteiger partial charge in [0, 0.05) is 38.6 Å². The molecule has 4 rings (SSSR count). The molecule has 142 valence electrons. The van der Waals surface area contributed by atoms with Gasteiger partial charge < -0.3 is 4.90 Å². The summed E-state index contributed by atoms with van der Waals surface area (Å²) in [7, 11) is -3.60. The number of carbonyl (C=O) groups excluding carboxylic acids is 1. The first-order valence-corrected chi connectivity index (χ1v) is 11.2. The molecule has 6 nitrogen and oxygen atoms in total. The fourth-order valence-electron chi connectivity index (χ4n) is 5.02. The van der Waals surface area contributed by atoms with Gasteiger partial charge in [0.25, 0.3) is 0 Å². The second kappa shape index (κ2) is 6.93. The summed E-state index contributed by atoms with van der Waals surface area (Å²) in [5.41, 5.74) is -0.187. The monoisotopic (exact) mass is 377 g/mol. The minimum absolute atomic E-state index is 0.174. The van der Waals surface area contributed by atoms with Crippen LogP contribution in [0.4, 0.5) is 0 Å². The maximum atomic E-state index is 13.2. The van der Waals surface area contributed by atoms with Crippen LogP contribution in [0.5, 0.6) is 0 Å². The van der Waals surface area contributed by atoms with E-state index in [2.05, 4.69) is 4.98 Å². The molecule has 2 aliphatic heterocycles. The van der Waals surface area contributed by atoms with E-state index in [4.69, 9.17) is 0 Å². The lowest BCUT2D eigenvalue weighted by molar-refractivity contribution is -0.138. The Morgan fingerprint density at radius 1 is 1.12 bits per heavy atom. The van der Waals surface area contributed by atoms with Crippen molar-refractivity contribution in [2.45, 2.75) is 49.8 Å². The lowest BCUT2D eigenvalue weighted by atomic mass is 9.67. The number of amides is 1. The van der Waals surface area contributed by atoms with Gasteiger partial charge in [-0.1, -0.05) is 19.3 Å². The van der Waals surface area contributed by atoms with Crippen LogP contribution in [0.15, 0.2) is 29.4 Å². The molecule has 0 bridgehead atoms. The van der Waals surface area contributed by atoms with Gasteiger partial charge in [-0.05, 0) is 43.2 Å². The summed E-state index contributed by atoms with van der Waals surface area (Å²) < 4.78 is 27.8. The highest BCUT2D eigenvalue weighted by Gasteiger charge is 2.54. The number of carbonyl (C=O) groups is 1. The summed E-state index contributed by atoms with van der Waals surface area (Å²) >= 11 is 0. The highest BCUT2D eigenvalue weighted by molar-refractivity contribution is 7.89. The number of hydrogen-bond donors (Lipinski definition) is 0. The normalized spacial score (nSPS) is 26.5. The molecule has 26 heavy (non-hydrogen) atoms. The summed E-state index contributed by atoms with van der Waals surface area (Å²) in [6.45, 7) is 2.42. The van der Waals surface area contributed by atoms with Crippen LogP contribution in [-0.2, 0) is 14.8 Å². The Balaban J connectivity index is 1.64. The van der Waals surface area contributed by atoms with Crippen LogP contribution in [0.2, 0.25) is 0 Å². The van der Waals surface area contributed by atoms with E-state index < -0.39 is 10.0 Å². The fourth-order valence-corrected chi connectivity index (χ4v) is 6.53.